The number of nitrogens with zero attached hydrogens (tertiary/aromatic N) is 1. The Labute approximate surface area is 166 Å². The number of carbonyl (C=O) groups excluding carboxylic acids is 1. The number of methoxy groups -OCH3 is 2. The quantitative estimate of drug-likeness (QED) is 0.252. The molecule has 0 radical (unpaired) electrons. The second-order valence-electron chi connectivity index (χ2n) is 5.05. The summed E-state index contributed by atoms with van der Waals surface area (Å²) in [5, 5.41) is 6.21. The molecule has 0 amide bonds. The Balaban J connectivity index is 0.00000576. The van der Waals surface area contributed by atoms with Gasteiger partial charge in [0.1, 0.15) is 6.10 Å². The van der Waals surface area contributed by atoms with Crippen LogP contribution in [0.5, 0.6) is 11.5 Å². The van der Waals surface area contributed by atoms with Crippen molar-refractivity contribution in [1.82, 2.24) is 10.6 Å². The van der Waals surface area contributed by atoms with E-state index >= 15 is 0 Å². The molecular formula is C17H28IN3O4. The van der Waals surface area contributed by atoms with E-state index in [1.165, 1.54) is 7.11 Å². The molecule has 1 aromatic carbocycles. The third-order valence-corrected chi connectivity index (χ3v) is 3.10. The Hall–Kier alpha value is -1.71. The Morgan fingerprint density at radius 1 is 1.20 bits per heavy atom. The van der Waals surface area contributed by atoms with Crippen LogP contribution in [0.15, 0.2) is 29.3 Å². The molecule has 1 rings (SSSR count). The van der Waals surface area contributed by atoms with Gasteiger partial charge in [0.2, 0.25) is 0 Å². The molecule has 8 heteroatoms. The Kier molecular flexibility index (Phi) is 12.6. The first-order valence-electron chi connectivity index (χ1n) is 7.99. The largest absolute Gasteiger partial charge is 0.493 e. The first kappa shape index (κ1) is 23.3. The lowest BCUT2D eigenvalue weighted by molar-refractivity contribution is -0.140. The smallest absolute Gasteiger partial charge is 0.307 e. The number of hydrogen-bond acceptors (Lipinski definition) is 5. The summed E-state index contributed by atoms with van der Waals surface area (Å²) in [6, 6.07) is 7.50. The maximum Gasteiger partial charge on any atom is 0.307 e. The highest BCUT2D eigenvalue weighted by atomic mass is 127. The zero-order chi connectivity index (χ0) is 17.8. The van der Waals surface area contributed by atoms with Gasteiger partial charge >= 0.3 is 5.97 Å². The van der Waals surface area contributed by atoms with Crippen LogP contribution in [0.25, 0.3) is 0 Å². The van der Waals surface area contributed by atoms with E-state index in [1.807, 2.05) is 38.1 Å². The summed E-state index contributed by atoms with van der Waals surface area (Å²) >= 11 is 0. The third kappa shape index (κ3) is 9.37. The minimum atomic E-state index is -0.258. The van der Waals surface area contributed by atoms with Gasteiger partial charge in [0.05, 0.1) is 27.2 Å². The minimum Gasteiger partial charge on any atom is -0.493 e. The second kappa shape index (κ2) is 13.6. The maximum absolute atomic E-state index is 11.1. The van der Waals surface area contributed by atoms with E-state index in [4.69, 9.17) is 9.47 Å². The topological polar surface area (TPSA) is 81.2 Å². The minimum absolute atomic E-state index is 0. The molecule has 0 aliphatic rings. The van der Waals surface area contributed by atoms with Gasteiger partial charge in [-0.2, -0.15) is 0 Å². The van der Waals surface area contributed by atoms with Gasteiger partial charge in [-0.05, 0) is 26.0 Å². The molecule has 7 nitrogen and oxygen atoms in total. The van der Waals surface area contributed by atoms with Gasteiger partial charge in [0.15, 0.2) is 17.5 Å². The number of guanidine groups is 1. The number of halogens is 1. The lowest BCUT2D eigenvalue weighted by atomic mass is 10.3. The molecule has 0 fully saturated rings. The number of para-hydroxylation sites is 2. The Bertz CT molecular complexity index is 540. The summed E-state index contributed by atoms with van der Waals surface area (Å²) in [5.41, 5.74) is 0. The van der Waals surface area contributed by atoms with E-state index in [0.29, 0.717) is 30.5 Å². The summed E-state index contributed by atoms with van der Waals surface area (Å²) in [6.07, 6.45) is 0.158. The van der Waals surface area contributed by atoms with Crippen LogP contribution in [-0.4, -0.2) is 51.9 Å². The van der Waals surface area contributed by atoms with Crippen molar-refractivity contribution in [2.75, 3.05) is 33.9 Å². The van der Waals surface area contributed by atoms with Crippen molar-refractivity contribution < 1.29 is 19.0 Å². The van der Waals surface area contributed by atoms with Crippen molar-refractivity contribution in [3.05, 3.63) is 24.3 Å². The monoisotopic (exact) mass is 465 g/mol. The number of nitrogens with one attached hydrogen (secondary N) is 2. The van der Waals surface area contributed by atoms with Crippen LogP contribution in [0.2, 0.25) is 0 Å². The maximum atomic E-state index is 11.1. The van der Waals surface area contributed by atoms with Crippen molar-refractivity contribution >= 4 is 35.9 Å². The van der Waals surface area contributed by atoms with Crippen molar-refractivity contribution in [2.24, 2.45) is 4.99 Å². The molecule has 0 aromatic heterocycles. The molecule has 0 bridgehead atoms. The Morgan fingerprint density at radius 2 is 1.88 bits per heavy atom. The Morgan fingerprint density at radius 3 is 2.48 bits per heavy atom. The van der Waals surface area contributed by atoms with Crippen LogP contribution in [0.3, 0.4) is 0 Å². The van der Waals surface area contributed by atoms with E-state index in [1.54, 1.807) is 7.11 Å². The van der Waals surface area contributed by atoms with Gasteiger partial charge in [-0.1, -0.05) is 12.1 Å². The number of hydrogen-bond donors (Lipinski definition) is 2. The van der Waals surface area contributed by atoms with Gasteiger partial charge < -0.3 is 24.8 Å². The van der Waals surface area contributed by atoms with Crippen LogP contribution in [0, 0.1) is 0 Å². The second-order valence-corrected chi connectivity index (χ2v) is 5.05. The van der Waals surface area contributed by atoms with Crippen LogP contribution in [0.1, 0.15) is 20.3 Å². The van der Waals surface area contributed by atoms with Crippen LogP contribution in [0.4, 0.5) is 0 Å². The molecule has 0 aliphatic heterocycles. The molecule has 0 heterocycles. The first-order valence-corrected chi connectivity index (χ1v) is 7.99. The summed E-state index contributed by atoms with van der Waals surface area (Å²) in [6.45, 7) is 5.57. The number of carbonyl (C=O) groups is 1. The number of rotatable bonds is 9. The zero-order valence-electron chi connectivity index (χ0n) is 15.2. The molecule has 1 aromatic rings. The number of aliphatic imine (C=N–C) groups is 1. The number of esters is 1. The molecule has 2 N–H and O–H groups in total. The molecule has 0 spiro atoms. The van der Waals surface area contributed by atoms with Crippen molar-refractivity contribution in [2.45, 2.75) is 26.4 Å². The van der Waals surface area contributed by atoms with Gasteiger partial charge in [-0.15, -0.1) is 24.0 Å². The highest BCUT2D eigenvalue weighted by molar-refractivity contribution is 14.0. The molecule has 1 atom stereocenters. The highest BCUT2D eigenvalue weighted by Crippen LogP contribution is 2.26. The molecule has 0 aliphatic carbocycles. The van der Waals surface area contributed by atoms with E-state index in [0.717, 1.165) is 6.54 Å². The number of ether oxygens (including phenoxy) is 3. The van der Waals surface area contributed by atoms with Crippen molar-refractivity contribution in [3.63, 3.8) is 0 Å². The molecular weight excluding hydrogens is 437 g/mol. The summed E-state index contributed by atoms with van der Waals surface area (Å²) in [7, 11) is 2.98. The molecule has 0 saturated heterocycles. The average molecular weight is 465 g/mol. The zero-order valence-corrected chi connectivity index (χ0v) is 17.5. The van der Waals surface area contributed by atoms with Crippen molar-refractivity contribution in [1.29, 1.82) is 0 Å². The standard InChI is InChI=1S/C17H27N3O4.HI/c1-5-18-17(19-11-10-16(21)23-4)20-12-13(2)24-15-9-7-6-8-14(15)22-3;/h6-9,13H,5,10-12H2,1-4H3,(H2,18,19,20);1H. The molecule has 25 heavy (non-hydrogen) atoms. The van der Waals surface area contributed by atoms with Crippen LogP contribution < -0.4 is 20.1 Å². The summed E-state index contributed by atoms with van der Waals surface area (Å²) < 4.78 is 15.7. The lowest BCUT2D eigenvalue weighted by Crippen LogP contribution is -2.39. The lowest BCUT2D eigenvalue weighted by Gasteiger charge is -2.16. The fourth-order valence-corrected chi connectivity index (χ4v) is 1.92. The predicted molar refractivity (Wildman–Crippen MR) is 109 cm³/mol. The third-order valence-electron chi connectivity index (χ3n) is 3.10. The van der Waals surface area contributed by atoms with E-state index < -0.39 is 0 Å². The fraction of sp³-hybridized carbons (Fsp3) is 0.529. The normalized spacial score (nSPS) is 11.8. The molecule has 1 unspecified atom stereocenters. The molecule has 142 valence electrons. The van der Waals surface area contributed by atoms with E-state index in [9.17, 15) is 4.79 Å². The van der Waals surface area contributed by atoms with Gasteiger partial charge in [-0.3, -0.25) is 4.79 Å². The van der Waals surface area contributed by atoms with Crippen LogP contribution >= 0.6 is 24.0 Å². The summed E-state index contributed by atoms with van der Waals surface area (Å²) in [5.74, 6) is 1.76. The van der Waals surface area contributed by atoms with E-state index in [-0.39, 0.29) is 42.5 Å². The SMILES string of the molecule is CCNC(=NCC(C)Oc1ccccc1OC)NCCC(=O)OC.I. The number of benzene rings is 1. The van der Waals surface area contributed by atoms with Gasteiger partial charge in [0.25, 0.3) is 0 Å². The molecule has 0 saturated carbocycles. The highest BCUT2D eigenvalue weighted by Gasteiger charge is 2.09. The first-order chi connectivity index (χ1) is 11.6. The van der Waals surface area contributed by atoms with Gasteiger partial charge in [0, 0.05) is 13.1 Å². The average Bonchev–Trinajstić information content (AvgIpc) is 2.59. The van der Waals surface area contributed by atoms with Crippen LogP contribution in [-0.2, 0) is 9.53 Å². The van der Waals surface area contributed by atoms with Gasteiger partial charge in [-0.25, -0.2) is 4.99 Å². The fourth-order valence-electron chi connectivity index (χ4n) is 1.92. The van der Waals surface area contributed by atoms with Crippen molar-refractivity contribution in [3.8, 4) is 11.5 Å². The van der Waals surface area contributed by atoms with E-state index in [2.05, 4.69) is 20.4 Å². The predicted octanol–water partition coefficient (Wildman–Crippen LogP) is 2.20. The summed E-state index contributed by atoms with van der Waals surface area (Å²) in [4.78, 5) is 15.6.